The molecule has 1 aromatic heterocycles. The fourth-order valence-corrected chi connectivity index (χ4v) is 1.33. The van der Waals surface area contributed by atoms with Crippen molar-refractivity contribution in [1.29, 1.82) is 0 Å². The summed E-state index contributed by atoms with van der Waals surface area (Å²) in [6.07, 6.45) is -8.27. The second kappa shape index (κ2) is 5.37. The molecule has 0 saturated carbocycles. The predicted octanol–water partition coefficient (Wildman–Crippen LogP) is 2.51. The van der Waals surface area contributed by atoms with Gasteiger partial charge < -0.3 is 9.72 Å². The van der Waals surface area contributed by atoms with Gasteiger partial charge in [0.2, 0.25) is 5.43 Å². The van der Waals surface area contributed by atoms with Crippen molar-refractivity contribution >= 4 is 5.97 Å². The Morgan fingerprint density at radius 1 is 1.42 bits per heavy atom. The molecule has 0 amide bonds. The van der Waals surface area contributed by atoms with Crippen LogP contribution in [-0.4, -0.2) is 17.6 Å². The third-order valence-electron chi connectivity index (χ3n) is 2.12. The number of H-pyrrole nitrogens is 1. The van der Waals surface area contributed by atoms with E-state index in [0.29, 0.717) is 0 Å². The molecule has 106 valence electrons. The van der Waals surface area contributed by atoms with Crippen molar-refractivity contribution in [2.45, 2.75) is 19.5 Å². The van der Waals surface area contributed by atoms with Crippen LogP contribution in [0.3, 0.4) is 0 Å². The topological polar surface area (TPSA) is 59.2 Å². The molecule has 1 heterocycles. The fraction of sp³-hybridized carbons (Fsp3) is 0.400. The van der Waals surface area contributed by atoms with Gasteiger partial charge in [-0.15, -0.1) is 0 Å². The number of nitrogens with one attached hydrogen (secondary N) is 1. The maximum absolute atomic E-state index is 12.6. The first-order valence-corrected chi connectivity index (χ1v) is 4.98. The number of pyridine rings is 1. The lowest BCUT2D eigenvalue weighted by Crippen LogP contribution is -2.28. The molecule has 0 fully saturated rings. The van der Waals surface area contributed by atoms with Crippen molar-refractivity contribution in [2.75, 3.05) is 6.61 Å². The number of halogens is 5. The highest BCUT2D eigenvalue weighted by molar-refractivity contribution is 5.90. The van der Waals surface area contributed by atoms with Crippen molar-refractivity contribution in [1.82, 2.24) is 4.98 Å². The van der Waals surface area contributed by atoms with Gasteiger partial charge in [0.1, 0.15) is 16.8 Å². The summed E-state index contributed by atoms with van der Waals surface area (Å²) < 4.78 is 66.8. The highest BCUT2D eigenvalue weighted by Crippen LogP contribution is 2.28. The van der Waals surface area contributed by atoms with E-state index in [9.17, 15) is 31.5 Å². The number of rotatable bonds is 3. The van der Waals surface area contributed by atoms with Crippen LogP contribution < -0.4 is 5.43 Å². The quantitative estimate of drug-likeness (QED) is 0.685. The van der Waals surface area contributed by atoms with E-state index in [-0.39, 0.29) is 12.8 Å². The Hall–Kier alpha value is -1.93. The van der Waals surface area contributed by atoms with Crippen molar-refractivity contribution in [3.05, 3.63) is 33.2 Å². The number of aromatic amines is 1. The Morgan fingerprint density at radius 2 is 2.00 bits per heavy atom. The van der Waals surface area contributed by atoms with Crippen LogP contribution in [0.2, 0.25) is 0 Å². The summed E-state index contributed by atoms with van der Waals surface area (Å²) in [7, 11) is 0. The molecule has 19 heavy (non-hydrogen) atoms. The van der Waals surface area contributed by atoms with E-state index in [1.807, 2.05) is 0 Å². The highest BCUT2D eigenvalue weighted by atomic mass is 19.4. The summed E-state index contributed by atoms with van der Waals surface area (Å²) in [5.74, 6) is -1.52. The monoisotopic (exact) mass is 285 g/mol. The molecule has 0 aromatic carbocycles. The molecule has 1 aromatic rings. The lowest BCUT2D eigenvalue weighted by molar-refractivity contribution is -0.138. The number of hydrogen-bond acceptors (Lipinski definition) is 3. The Balaban J connectivity index is 3.54. The van der Waals surface area contributed by atoms with E-state index in [2.05, 4.69) is 4.74 Å². The van der Waals surface area contributed by atoms with Crippen LogP contribution in [0.25, 0.3) is 0 Å². The average Bonchev–Trinajstić information content (AvgIpc) is 2.26. The number of carbonyl (C=O) groups is 1. The van der Waals surface area contributed by atoms with Crippen LogP contribution in [0.1, 0.15) is 35.0 Å². The smallest absolute Gasteiger partial charge is 0.421 e. The number of aromatic nitrogens is 1. The first-order valence-electron chi connectivity index (χ1n) is 4.98. The molecule has 0 unspecified atom stereocenters. The molecule has 0 aliphatic carbocycles. The van der Waals surface area contributed by atoms with E-state index >= 15 is 0 Å². The van der Waals surface area contributed by atoms with Crippen molar-refractivity contribution in [3.63, 3.8) is 0 Å². The Kier molecular flexibility index (Phi) is 4.28. The molecule has 1 rings (SSSR count). The van der Waals surface area contributed by atoms with Gasteiger partial charge in [-0.25, -0.2) is 13.6 Å². The van der Waals surface area contributed by atoms with Gasteiger partial charge in [0.15, 0.2) is 0 Å². The summed E-state index contributed by atoms with van der Waals surface area (Å²) in [6, 6.07) is 0. The molecule has 0 aliphatic heterocycles. The molecule has 0 spiro atoms. The molecule has 0 radical (unpaired) electrons. The lowest BCUT2D eigenvalue weighted by Gasteiger charge is -2.11. The van der Waals surface area contributed by atoms with Gasteiger partial charge in [-0.3, -0.25) is 4.79 Å². The maximum atomic E-state index is 12.6. The molecule has 0 aliphatic rings. The van der Waals surface area contributed by atoms with Gasteiger partial charge >= 0.3 is 12.1 Å². The molecule has 4 nitrogen and oxygen atoms in total. The normalized spacial score (nSPS) is 11.7. The first kappa shape index (κ1) is 15.1. The van der Waals surface area contributed by atoms with Gasteiger partial charge in [0.25, 0.3) is 6.43 Å². The van der Waals surface area contributed by atoms with Crippen LogP contribution in [0.15, 0.2) is 11.0 Å². The van der Waals surface area contributed by atoms with Gasteiger partial charge in [-0.05, 0) is 6.92 Å². The summed E-state index contributed by atoms with van der Waals surface area (Å²) in [5, 5.41) is 0. The minimum atomic E-state index is -5.06. The van der Waals surface area contributed by atoms with Crippen LogP contribution in [-0.2, 0) is 10.9 Å². The van der Waals surface area contributed by atoms with E-state index in [1.165, 1.54) is 6.92 Å². The number of esters is 1. The van der Waals surface area contributed by atoms with Crippen molar-refractivity contribution < 1.29 is 31.5 Å². The zero-order valence-corrected chi connectivity index (χ0v) is 9.48. The average molecular weight is 285 g/mol. The fourth-order valence-electron chi connectivity index (χ4n) is 1.33. The lowest BCUT2D eigenvalue weighted by atomic mass is 10.1. The summed E-state index contributed by atoms with van der Waals surface area (Å²) >= 11 is 0. The van der Waals surface area contributed by atoms with Crippen LogP contribution in [0.5, 0.6) is 0 Å². The summed E-state index contributed by atoms with van der Waals surface area (Å²) in [5.41, 5.74) is -6.09. The number of carbonyl (C=O) groups excluding carboxylic acids is 1. The largest absolute Gasteiger partial charge is 0.462 e. The predicted molar refractivity (Wildman–Crippen MR) is 53.0 cm³/mol. The van der Waals surface area contributed by atoms with E-state index in [0.717, 1.165) is 0 Å². The van der Waals surface area contributed by atoms with Crippen molar-refractivity contribution in [2.24, 2.45) is 0 Å². The van der Waals surface area contributed by atoms with Crippen LogP contribution in [0, 0.1) is 0 Å². The SMILES string of the molecule is CCOC(=O)c1c(C(F)F)[nH]cc(C(F)(F)F)c1=O. The third-order valence-corrected chi connectivity index (χ3v) is 2.12. The third kappa shape index (κ3) is 3.09. The molecular weight excluding hydrogens is 277 g/mol. The second-order valence-electron chi connectivity index (χ2n) is 3.34. The maximum Gasteiger partial charge on any atom is 0.421 e. The minimum absolute atomic E-state index is 0.104. The Labute approximate surface area is 103 Å². The van der Waals surface area contributed by atoms with E-state index in [4.69, 9.17) is 0 Å². The zero-order valence-electron chi connectivity index (χ0n) is 9.48. The van der Waals surface area contributed by atoms with Gasteiger partial charge in [0.05, 0.1) is 6.61 Å². The Morgan fingerprint density at radius 3 is 2.42 bits per heavy atom. The number of hydrogen-bond donors (Lipinski definition) is 1. The van der Waals surface area contributed by atoms with E-state index < -0.39 is 40.8 Å². The molecule has 0 atom stereocenters. The summed E-state index contributed by atoms with van der Waals surface area (Å²) in [4.78, 5) is 24.4. The standard InChI is InChI=1S/C10H8F5NO3/c1-2-19-9(18)5-6(8(11)12)16-3-4(7(5)17)10(13,14)15/h3,8H,2H2,1H3,(H,16,17). The molecular formula is C10H8F5NO3. The van der Waals surface area contributed by atoms with Crippen LogP contribution >= 0.6 is 0 Å². The zero-order chi connectivity index (χ0) is 14.8. The molecule has 0 bridgehead atoms. The van der Waals surface area contributed by atoms with Gasteiger partial charge in [-0.1, -0.05) is 0 Å². The van der Waals surface area contributed by atoms with E-state index in [1.54, 1.807) is 4.98 Å². The van der Waals surface area contributed by atoms with Crippen LogP contribution in [0.4, 0.5) is 22.0 Å². The summed E-state index contributed by atoms with van der Waals surface area (Å²) in [6.45, 7) is 1.05. The Bertz CT molecular complexity index is 535. The van der Waals surface area contributed by atoms with Gasteiger partial charge in [0, 0.05) is 6.20 Å². The number of ether oxygens (including phenoxy) is 1. The molecule has 0 saturated heterocycles. The second-order valence-corrected chi connectivity index (χ2v) is 3.34. The first-order chi connectivity index (χ1) is 8.70. The van der Waals surface area contributed by atoms with Crippen molar-refractivity contribution in [3.8, 4) is 0 Å². The molecule has 1 N–H and O–H groups in total. The molecule has 9 heteroatoms. The minimum Gasteiger partial charge on any atom is -0.462 e. The highest BCUT2D eigenvalue weighted by Gasteiger charge is 2.37. The number of alkyl halides is 5. The van der Waals surface area contributed by atoms with Gasteiger partial charge in [-0.2, -0.15) is 13.2 Å².